The number of hydrogen-bond donors (Lipinski definition) is 1. The van der Waals surface area contributed by atoms with Gasteiger partial charge in [-0.25, -0.2) is 14.1 Å². The van der Waals surface area contributed by atoms with Gasteiger partial charge >= 0.3 is 6.03 Å². The Morgan fingerprint density at radius 2 is 1.76 bits per heavy atom. The Morgan fingerprint density at radius 1 is 1.03 bits per heavy atom. The second-order valence-corrected chi connectivity index (χ2v) is 6.70. The predicted molar refractivity (Wildman–Crippen MR) is 108 cm³/mol. The van der Waals surface area contributed by atoms with Crippen LogP contribution in [0.15, 0.2) is 60.3 Å². The molecule has 0 spiro atoms. The van der Waals surface area contributed by atoms with Crippen molar-refractivity contribution in [3.05, 3.63) is 71.7 Å². The molecule has 4 amide bonds. The highest BCUT2D eigenvalue weighted by molar-refractivity contribution is 6.39. The molecule has 0 saturated carbocycles. The summed E-state index contributed by atoms with van der Waals surface area (Å²) < 4.78 is 16.2. The molecule has 1 saturated heterocycles. The molecular weight excluding hydrogens is 373 g/mol. The Bertz CT molecular complexity index is 1180. The third-order valence-electron chi connectivity index (χ3n) is 4.78. The number of aryl methyl sites for hydroxylation is 1. The average Bonchev–Trinajstić information content (AvgIpc) is 3.04. The molecule has 6 nitrogen and oxygen atoms in total. The van der Waals surface area contributed by atoms with Gasteiger partial charge in [-0.1, -0.05) is 37.3 Å². The Morgan fingerprint density at radius 3 is 2.52 bits per heavy atom. The van der Waals surface area contributed by atoms with E-state index in [2.05, 4.69) is 12.2 Å². The van der Waals surface area contributed by atoms with Crippen LogP contribution in [0.3, 0.4) is 0 Å². The SMILES string of the molecule is CCCn1cc(/C=C2\C(=O)NC(=O)N(c3ccccc3F)C2=O)c2ccccc21. The van der Waals surface area contributed by atoms with E-state index in [0.29, 0.717) is 10.5 Å². The van der Waals surface area contributed by atoms with Gasteiger partial charge in [0.1, 0.15) is 11.4 Å². The van der Waals surface area contributed by atoms with Gasteiger partial charge in [-0.3, -0.25) is 14.9 Å². The molecule has 29 heavy (non-hydrogen) atoms. The Balaban J connectivity index is 1.82. The van der Waals surface area contributed by atoms with Crippen molar-refractivity contribution in [3.8, 4) is 0 Å². The van der Waals surface area contributed by atoms with E-state index in [9.17, 15) is 18.8 Å². The van der Waals surface area contributed by atoms with Crippen LogP contribution < -0.4 is 10.2 Å². The van der Waals surface area contributed by atoms with Gasteiger partial charge in [-0.15, -0.1) is 0 Å². The van der Waals surface area contributed by atoms with Gasteiger partial charge in [-0.2, -0.15) is 0 Å². The van der Waals surface area contributed by atoms with Crippen LogP contribution in [0.2, 0.25) is 0 Å². The monoisotopic (exact) mass is 391 g/mol. The highest BCUT2D eigenvalue weighted by Gasteiger charge is 2.38. The second-order valence-electron chi connectivity index (χ2n) is 6.70. The second kappa shape index (κ2) is 7.35. The lowest BCUT2D eigenvalue weighted by molar-refractivity contribution is -0.122. The van der Waals surface area contributed by atoms with Gasteiger partial charge in [0.15, 0.2) is 0 Å². The number of benzene rings is 2. The molecule has 1 fully saturated rings. The fourth-order valence-corrected chi connectivity index (χ4v) is 3.48. The molecule has 2 heterocycles. The molecule has 1 aliphatic rings. The molecule has 0 unspecified atom stereocenters. The summed E-state index contributed by atoms with van der Waals surface area (Å²) in [6.07, 6.45) is 4.24. The van der Waals surface area contributed by atoms with Crippen LogP contribution in [0.4, 0.5) is 14.9 Å². The molecular formula is C22H18FN3O3. The van der Waals surface area contributed by atoms with Crippen LogP contribution in [0.25, 0.3) is 17.0 Å². The number of halogens is 1. The molecule has 1 aromatic heterocycles. The standard InChI is InChI=1S/C22H18FN3O3/c1-2-11-25-13-14(15-7-3-5-9-18(15)25)12-16-20(27)24-22(29)26(21(16)28)19-10-6-4-8-17(19)23/h3-10,12-13H,2,11H2,1H3,(H,24,27,29)/b16-12+. The zero-order valence-corrected chi connectivity index (χ0v) is 15.7. The van der Waals surface area contributed by atoms with Crippen LogP contribution in [-0.4, -0.2) is 22.4 Å². The summed E-state index contributed by atoms with van der Waals surface area (Å²) in [5.41, 5.74) is 1.22. The van der Waals surface area contributed by atoms with Crippen LogP contribution in [-0.2, 0) is 16.1 Å². The number of carbonyl (C=O) groups excluding carboxylic acids is 3. The highest BCUT2D eigenvalue weighted by atomic mass is 19.1. The quantitative estimate of drug-likeness (QED) is 0.542. The maximum atomic E-state index is 14.2. The topological polar surface area (TPSA) is 71.4 Å². The van der Waals surface area contributed by atoms with Crippen LogP contribution in [0.1, 0.15) is 18.9 Å². The first kappa shape index (κ1) is 18.6. The van der Waals surface area contributed by atoms with Crippen LogP contribution in [0.5, 0.6) is 0 Å². The van der Waals surface area contributed by atoms with Crippen molar-refractivity contribution in [1.82, 2.24) is 9.88 Å². The summed E-state index contributed by atoms with van der Waals surface area (Å²) >= 11 is 0. The number of hydrogen-bond acceptors (Lipinski definition) is 3. The van der Waals surface area contributed by atoms with Crippen molar-refractivity contribution in [2.45, 2.75) is 19.9 Å². The van der Waals surface area contributed by atoms with E-state index in [1.54, 1.807) is 0 Å². The average molecular weight is 391 g/mol. The summed E-state index contributed by atoms with van der Waals surface area (Å²) in [5.74, 6) is -2.40. The zero-order valence-electron chi connectivity index (χ0n) is 15.7. The van der Waals surface area contributed by atoms with E-state index in [1.807, 2.05) is 35.0 Å². The zero-order chi connectivity index (χ0) is 20.5. The third-order valence-corrected chi connectivity index (χ3v) is 4.78. The highest BCUT2D eigenvalue weighted by Crippen LogP contribution is 2.27. The molecule has 146 valence electrons. The Hall–Kier alpha value is -3.74. The maximum Gasteiger partial charge on any atom is 0.336 e. The number of amides is 4. The van der Waals surface area contributed by atoms with Crippen molar-refractivity contribution in [3.63, 3.8) is 0 Å². The first-order chi connectivity index (χ1) is 14.0. The number of para-hydroxylation sites is 2. The van der Waals surface area contributed by atoms with Gasteiger partial charge in [0.2, 0.25) is 0 Å². The summed E-state index contributed by atoms with van der Waals surface area (Å²) in [7, 11) is 0. The summed E-state index contributed by atoms with van der Waals surface area (Å²) in [6.45, 7) is 2.84. The molecule has 1 N–H and O–H groups in total. The fraction of sp³-hybridized carbons (Fsp3) is 0.136. The molecule has 1 aliphatic heterocycles. The Labute approximate surface area is 166 Å². The molecule has 0 bridgehead atoms. The van der Waals surface area contributed by atoms with Crippen molar-refractivity contribution in [2.24, 2.45) is 0 Å². The first-order valence-electron chi connectivity index (χ1n) is 9.25. The molecule has 0 atom stereocenters. The van der Waals surface area contributed by atoms with Crippen molar-refractivity contribution in [1.29, 1.82) is 0 Å². The van der Waals surface area contributed by atoms with Crippen LogP contribution >= 0.6 is 0 Å². The van der Waals surface area contributed by atoms with Crippen molar-refractivity contribution >= 4 is 40.5 Å². The third kappa shape index (κ3) is 3.20. The minimum atomic E-state index is -0.976. The molecule has 2 aromatic carbocycles. The first-order valence-corrected chi connectivity index (χ1v) is 9.25. The number of barbiturate groups is 1. The summed E-state index contributed by atoms with van der Waals surface area (Å²) in [6, 6.07) is 12.1. The van der Waals surface area contributed by atoms with E-state index in [-0.39, 0.29) is 11.3 Å². The van der Waals surface area contributed by atoms with Crippen molar-refractivity contribution in [2.75, 3.05) is 4.90 Å². The number of nitrogens with zero attached hydrogens (tertiary/aromatic N) is 2. The van der Waals surface area contributed by atoms with E-state index in [4.69, 9.17) is 0 Å². The molecule has 7 heteroatoms. The predicted octanol–water partition coefficient (Wildman–Crippen LogP) is 3.86. The lowest BCUT2D eigenvalue weighted by atomic mass is 10.1. The lowest BCUT2D eigenvalue weighted by Crippen LogP contribution is -2.54. The van der Waals surface area contributed by atoms with E-state index in [0.717, 1.165) is 29.9 Å². The molecule has 4 rings (SSSR count). The maximum absolute atomic E-state index is 14.2. The van der Waals surface area contributed by atoms with Gasteiger partial charge in [-0.05, 0) is 30.7 Å². The normalized spacial score (nSPS) is 16.0. The van der Waals surface area contributed by atoms with Gasteiger partial charge in [0.05, 0.1) is 5.69 Å². The fourth-order valence-electron chi connectivity index (χ4n) is 3.48. The molecule has 0 radical (unpaired) electrons. The molecule has 3 aromatic rings. The van der Waals surface area contributed by atoms with Gasteiger partial charge in [0.25, 0.3) is 11.8 Å². The minimum Gasteiger partial charge on any atom is -0.347 e. The Kier molecular flexibility index (Phi) is 4.72. The number of rotatable bonds is 4. The summed E-state index contributed by atoms with van der Waals surface area (Å²) in [4.78, 5) is 38.3. The van der Waals surface area contributed by atoms with Gasteiger partial charge < -0.3 is 4.57 Å². The van der Waals surface area contributed by atoms with Gasteiger partial charge in [0, 0.05) is 29.2 Å². The van der Waals surface area contributed by atoms with E-state index < -0.39 is 23.7 Å². The number of imide groups is 2. The number of fused-ring (bicyclic) bond motifs is 1. The van der Waals surface area contributed by atoms with E-state index in [1.165, 1.54) is 24.3 Å². The van der Waals surface area contributed by atoms with Crippen LogP contribution in [0, 0.1) is 5.82 Å². The molecule has 0 aliphatic carbocycles. The lowest BCUT2D eigenvalue weighted by Gasteiger charge is -2.26. The largest absolute Gasteiger partial charge is 0.347 e. The summed E-state index contributed by atoms with van der Waals surface area (Å²) in [5, 5.41) is 3.00. The number of nitrogens with one attached hydrogen (secondary N) is 1. The number of anilines is 1. The minimum absolute atomic E-state index is 0.207. The van der Waals surface area contributed by atoms with E-state index >= 15 is 0 Å². The smallest absolute Gasteiger partial charge is 0.336 e. The van der Waals surface area contributed by atoms with Crippen molar-refractivity contribution < 1.29 is 18.8 Å². The number of aromatic nitrogens is 1. The number of carbonyl (C=O) groups is 3. The number of urea groups is 1.